The monoisotopic (exact) mass is 348 g/mol. The summed E-state index contributed by atoms with van der Waals surface area (Å²) in [5.74, 6) is 1.04. The standard InChI is InChI=1S/C17H20N2O4S/c1-5-21-16(20)14-10(2)19(3)17(24-4)18-15(14)11-6-7-12-13(8-11)23-9-22-12/h6-8,15H,5,9H2,1-4H3. The van der Waals surface area contributed by atoms with Crippen LogP contribution in [0, 0.1) is 0 Å². The number of amidine groups is 1. The predicted molar refractivity (Wildman–Crippen MR) is 93.4 cm³/mol. The quantitative estimate of drug-likeness (QED) is 0.783. The maximum Gasteiger partial charge on any atom is 0.338 e. The van der Waals surface area contributed by atoms with E-state index < -0.39 is 6.04 Å². The Bertz CT molecular complexity index is 729. The maximum atomic E-state index is 12.5. The summed E-state index contributed by atoms with van der Waals surface area (Å²) in [6, 6.07) is 5.23. The average Bonchev–Trinajstić information content (AvgIpc) is 3.04. The fraction of sp³-hybridized carbons (Fsp3) is 0.412. The van der Waals surface area contributed by atoms with E-state index in [1.807, 2.05) is 43.3 Å². The Morgan fingerprint density at radius 2 is 2.17 bits per heavy atom. The highest BCUT2D eigenvalue weighted by Gasteiger charge is 2.33. The predicted octanol–water partition coefficient (Wildman–Crippen LogP) is 2.96. The van der Waals surface area contributed by atoms with E-state index in [0.29, 0.717) is 23.7 Å². The first-order valence-electron chi connectivity index (χ1n) is 7.69. The van der Waals surface area contributed by atoms with Crippen LogP contribution in [-0.4, -0.2) is 42.7 Å². The van der Waals surface area contributed by atoms with Gasteiger partial charge in [0, 0.05) is 12.7 Å². The SMILES string of the molecule is CCOC(=O)C1=C(C)N(C)C(SC)=NC1c1ccc2c(c1)OCO2. The van der Waals surface area contributed by atoms with E-state index in [4.69, 9.17) is 19.2 Å². The molecule has 1 aromatic carbocycles. The van der Waals surface area contributed by atoms with Gasteiger partial charge in [-0.3, -0.25) is 0 Å². The third-order valence-corrected chi connectivity index (χ3v) is 4.83. The van der Waals surface area contributed by atoms with Gasteiger partial charge in [0.1, 0.15) is 6.04 Å². The number of thioether (sulfide) groups is 1. The van der Waals surface area contributed by atoms with E-state index in [-0.39, 0.29) is 12.8 Å². The van der Waals surface area contributed by atoms with Crippen LogP contribution in [0.25, 0.3) is 0 Å². The van der Waals surface area contributed by atoms with E-state index in [0.717, 1.165) is 16.4 Å². The fourth-order valence-corrected chi connectivity index (χ4v) is 3.39. The van der Waals surface area contributed by atoms with Crippen LogP contribution in [0.15, 0.2) is 34.5 Å². The first-order chi connectivity index (χ1) is 11.6. The Labute approximate surface area is 145 Å². The zero-order valence-corrected chi connectivity index (χ0v) is 15.0. The van der Waals surface area contributed by atoms with Crippen molar-refractivity contribution in [2.75, 3.05) is 26.7 Å². The molecule has 0 amide bonds. The molecule has 7 heteroatoms. The van der Waals surface area contributed by atoms with Crippen LogP contribution in [-0.2, 0) is 9.53 Å². The molecule has 6 nitrogen and oxygen atoms in total. The van der Waals surface area contributed by atoms with Crippen molar-refractivity contribution in [3.8, 4) is 11.5 Å². The summed E-state index contributed by atoms with van der Waals surface area (Å²) in [4.78, 5) is 19.2. The van der Waals surface area contributed by atoms with Crippen LogP contribution < -0.4 is 9.47 Å². The molecule has 0 bridgehead atoms. The summed E-state index contributed by atoms with van der Waals surface area (Å²) in [7, 11) is 1.90. The van der Waals surface area contributed by atoms with Crippen molar-refractivity contribution in [3.05, 3.63) is 35.0 Å². The molecule has 0 saturated heterocycles. The summed E-state index contributed by atoms with van der Waals surface area (Å²) >= 11 is 1.54. The molecule has 0 aromatic heterocycles. The normalized spacial score (nSPS) is 19.4. The lowest BCUT2D eigenvalue weighted by Crippen LogP contribution is -2.32. The third kappa shape index (κ3) is 2.84. The highest BCUT2D eigenvalue weighted by molar-refractivity contribution is 8.13. The highest BCUT2D eigenvalue weighted by atomic mass is 32.2. The molecule has 0 fully saturated rings. The zero-order chi connectivity index (χ0) is 17.3. The first kappa shape index (κ1) is 16.7. The van der Waals surface area contributed by atoms with Gasteiger partial charge in [0.15, 0.2) is 16.7 Å². The largest absolute Gasteiger partial charge is 0.463 e. The molecule has 128 valence electrons. The molecule has 0 aliphatic carbocycles. The lowest BCUT2D eigenvalue weighted by molar-refractivity contribution is -0.139. The number of benzene rings is 1. The molecule has 3 rings (SSSR count). The fourth-order valence-electron chi connectivity index (χ4n) is 2.77. The Morgan fingerprint density at radius 3 is 2.88 bits per heavy atom. The van der Waals surface area contributed by atoms with E-state index in [1.54, 1.807) is 18.7 Å². The number of hydrogen-bond acceptors (Lipinski definition) is 7. The number of esters is 1. The lowest BCUT2D eigenvalue weighted by Gasteiger charge is -2.31. The van der Waals surface area contributed by atoms with Crippen molar-refractivity contribution in [1.82, 2.24) is 4.90 Å². The Morgan fingerprint density at radius 1 is 1.42 bits per heavy atom. The molecule has 0 saturated carbocycles. The van der Waals surface area contributed by atoms with Gasteiger partial charge in [-0.1, -0.05) is 17.8 Å². The number of allylic oxidation sites excluding steroid dienone is 1. The van der Waals surface area contributed by atoms with Crippen LogP contribution in [0.4, 0.5) is 0 Å². The number of rotatable bonds is 3. The molecule has 0 radical (unpaired) electrons. The summed E-state index contributed by atoms with van der Waals surface area (Å²) in [5.41, 5.74) is 2.27. The van der Waals surface area contributed by atoms with E-state index in [9.17, 15) is 4.79 Å². The van der Waals surface area contributed by atoms with Crippen molar-refractivity contribution < 1.29 is 19.0 Å². The highest BCUT2D eigenvalue weighted by Crippen LogP contribution is 2.40. The number of carbonyl (C=O) groups is 1. The van der Waals surface area contributed by atoms with Gasteiger partial charge in [-0.15, -0.1) is 0 Å². The minimum absolute atomic E-state index is 0.213. The van der Waals surface area contributed by atoms with Gasteiger partial charge in [0.05, 0.1) is 12.2 Å². The van der Waals surface area contributed by atoms with E-state index in [1.165, 1.54) is 0 Å². The van der Waals surface area contributed by atoms with Crippen molar-refractivity contribution >= 4 is 22.9 Å². The second kappa shape index (κ2) is 6.76. The number of nitrogens with zero attached hydrogens (tertiary/aromatic N) is 2. The zero-order valence-electron chi connectivity index (χ0n) is 14.2. The molecular formula is C17H20N2O4S. The molecule has 2 aliphatic heterocycles. The van der Waals surface area contributed by atoms with Gasteiger partial charge < -0.3 is 19.1 Å². The van der Waals surface area contributed by atoms with Gasteiger partial charge in [0.25, 0.3) is 0 Å². The summed E-state index contributed by atoms with van der Waals surface area (Å²) < 4.78 is 16.1. The van der Waals surface area contributed by atoms with E-state index in [2.05, 4.69) is 0 Å². The van der Waals surface area contributed by atoms with Crippen molar-refractivity contribution in [2.24, 2.45) is 4.99 Å². The van der Waals surface area contributed by atoms with Gasteiger partial charge in [-0.05, 0) is 37.8 Å². The van der Waals surface area contributed by atoms with Gasteiger partial charge >= 0.3 is 5.97 Å². The summed E-state index contributed by atoms with van der Waals surface area (Å²) in [6.07, 6.45) is 1.97. The van der Waals surface area contributed by atoms with Crippen LogP contribution >= 0.6 is 11.8 Å². The van der Waals surface area contributed by atoms with E-state index >= 15 is 0 Å². The number of fused-ring (bicyclic) bond motifs is 1. The molecule has 2 aliphatic rings. The van der Waals surface area contributed by atoms with Crippen molar-refractivity contribution in [3.63, 3.8) is 0 Å². The molecule has 0 N–H and O–H groups in total. The Kier molecular flexibility index (Phi) is 4.71. The Balaban J connectivity index is 2.07. The van der Waals surface area contributed by atoms with Gasteiger partial charge in [0.2, 0.25) is 6.79 Å². The second-order valence-corrected chi connectivity index (χ2v) is 6.18. The van der Waals surface area contributed by atoms with Crippen molar-refractivity contribution in [1.29, 1.82) is 0 Å². The number of hydrogen-bond donors (Lipinski definition) is 0. The topological polar surface area (TPSA) is 60.4 Å². The van der Waals surface area contributed by atoms with Gasteiger partial charge in [-0.25, -0.2) is 9.79 Å². The molecule has 0 spiro atoms. The van der Waals surface area contributed by atoms with Gasteiger partial charge in [-0.2, -0.15) is 0 Å². The molecule has 1 unspecified atom stereocenters. The molecule has 2 heterocycles. The third-order valence-electron chi connectivity index (χ3n) is 4.08. The van der Waals surface area contributed by atoms with Crippen LogP contribution in [0.3, 0.4) is 0 Å². The van der Waals surface area contributed by atoms with Crippen LogP contribution in [0.1, 0.15) is 25.5 Å². The number of aliphatic imine (C=N–C) groups is 1. The smallest absolute Gasteiger partial charge is 0.338 e. The average molecular weight is 348 g/mol. The molecule has 1 atom stereocenters. The minimum atomic E-state index is -0.419. The van der Waals surface area contributed by atoms with Crippen LogP contribution in [0.2, 0.25) is 0 Å². The lowest BCUT2D eigenvalue weighted by atomic mass is 9.96. The Hall–Kier alpha value is -2.15. The maximum absolute atomic E-state index is 12.5. The molecule has 24 heavy (non-hydrogen) atoms. The van der Waals surface area contributed by atoms with Crippen molar-refractivity contribution in [2.45, 2.75) is 19.9 Å². The van der Waals surface area contributed by atoms with Crippen LogP contribution in [0.5, 0.6) is 11.5 Å². The number of ether oxygens (including phenoxy) is 3. The molecular weight excluding hydrogens is 328 g/mol. The second-order valence-electron chi connectivity index (χ2n) is 5.41. The summed E-state index contributed by atoms with van der Waals surface area (Å²) in [5, 5.41) is 0.850. The molecule has 1 aromatic rings. The first-order valence-corrected chi connectivity index (χ1v) is 8.92. The minimum Gasteiger partial charge on any atom is -0.463 e. The summed E-state index contributed by atoms with van der Waals surface area (Å²) in [6.45, 7) is 4.25. The number of carbonyl (C=O) groups excluding carboxylic acids is 1.